The predicted molar refractivity (Wildman–Crippen MR) is 96.4 cm³/mol. The van der Waals surface area contributed by atoms with Gasteiger partial charge in [0.25, 0.3) is 0 Å². The molecule has 0 unspecified atom stereocenters. The first kappa shape index (κ1) is 14.6. The molecule has 0 aliphatic heterocycles. The van der Waals surface area contributed by atoms with Gasteiger partial charge in [0, 0.05) is 3.57 Å². The summed E-state index contributed by atoms with van der Waals surface area (Å²) in [5.41, 5.74) is 5.43. The lowest BCUT2D eigenvalue weighted by molar-refractivity contribution is 0.475. The summed E-state index contributed by atoms with van der Waals surface area (Å²) in [6.45, 7) is 0. The van der Waals surface area contributed by atoms with Crippen molar-refractivity contribution in [3.8, 4) is 5.75 Å². The van der Waals surface area contributed by atoms with E-state index in [0.29, 0.717) is 5.75 Å². The maximum absolute atomic E-state index is 9.54. The van der Waals surface area contributed by atoms with E-state index in [1.54, 1.807) is 17.7 Å². The number of benzene rings is 2. The summed E-state index contributed by atoms with van der Waals surface area (Å²) in [6, 6.07) is 16.4. The molecule has 0 atom stereocenters. The summed E-state index contributed by atoms with van der Waals surface area (Å²) in [6.07, 6.45) is 6.33. The van der Waals surface area contributed by atoms with Crippen molar-refractivity contribution >= 4 is 28.2 Å². The Hall–Kier alpha value is -1.29. The average molecular weight is 390 g/mol. The first-order valence-electron chi connectivity index (χ1n) is 7.51. The Bertz CT molecular complexity index is 583. The summed E-state index contributed by atoms with van der Waals surface area (Å²) in [7, 11) is 0. The van der Waals surface area contributed by atoms with Crippen molar-refractivity contribution in [1.29, 1.82) is 0 Å². The SMILES string of the molecule is Oc1ccc(C(=C2CCCCC2)c2ccc(I)cc2)cc1. The molecule has 1 nitrogen and oxygen atoms in total. The van der Waals surface area contributed by atoms with Gasteiger partial charge in [-0.25, -0.2) is 0 Å². The molecule has 108 valence electrons. The van der Waals surface area contributed by atoms with Crippen LogP contribution < -0.4 is 0 Å². The van der Waals surface area contributed by atoms with Gasteiger partial charge in [-0.05, 0) is 89.2 Å². The third-order valence-corrected chi connectivity index (χ3v) is 4.82. The van der Waals surface area contributed by atoms with Gasteiger partial charge >= 0.3 is 0 Å². The normalized spacial score (nSPS) is 15.0. The zero-order valence-corrected chi connectivity index (χ0v) is 14.1. The summed E-state index contributed by atoms with van der Waals surface area (Å²) in [5, 5.41) is 9.54. The van der Waals surface area contributed by atoms with E-state index < -0.39 is 0 Å². The molecule has 0 radical (unpaired) electrons. The van der Waals surface area contributed by atoms with E-state index >= 15 is 0 Å². The highest BCUT2D eigenvalue weighted by Gasteiger charge is 2.14. The van der Waals surface area contributed by atoms with Crippen molar-refractivity contribution in [3.63, 3.8) is 0 Å². The molecule has 1 fully saturated rings. The maximum atomic E-state index is 9.54. The van der Waals surface area contributed by atoms with E-state index in [9.17, 15) is 5.11 Å². The molecular weight excluding hydrogens is 371 g/mol. The summed E-state index contributed by atoms with van der Waals surface area (Å²) in [4.78, 5) is 0. The second-order valence-electron chi connectivity index (χ2n) is 5.59. The second kappa shape index (κ2) is 6.65. The van der Waals surface area contributed by atoms with E-state index in [0.717, 1.165) is 0 Å². The fraction of sp³-hybridized carbons (Fsp3) is 0.263. The zero-order valence-electron chi connectivity index (χ0n) is 12.0. The Morgan fingerprint density at radius 2 is 1.29 bits per heavy atom. The molecule has 0 heterocycles. The van der Waals surface area contributed by atoms with Crippen LogP contribution in [0.2, 0.25) is 0 Å². The standard InChI is InChI=1S/C19H19IO/c20-17-10-6-15(7-11-17)19(14-4-2-1-3-5-14)16-8-12-18(21)13-9-16/h6-13,21H,1-5H2. The zero-order chi connectivity index (χ0) is 14.7. The minimum atomic E-state index is 0.328. The topological polar surface area (TPSA) is 20.2 Å². The number of rotatable bonds is 2. The van der Waals surface area contributed by atoms with Gasteiger partial charge in [-0.3, -0.25) is 0 Å². The van der Waals surface area contributed by atoms with Gasteiger partial charge in [0.1, 0.15) is 5.75 Å². The van der Waals surface area contributed by atoms with Crippen molar-refractivity contribution < 1.29 is 5.11 Å². The van der Waals surface area contributed by atoms with Crippen LogP contribution in [0.5, 0.6) is 5.75 Å². The summed E-state index contributed by atoms with van der Waals surface area (Å²) >= 11 is 2.34. The predicted octanol–water partition coefficient (Wildman–Crippen LogP) is 5.76. The number of hydrogen-bond acceptors (Lipinski definition) is 1. The molecule has 0 aromatic heterocycles. The minimum absolute atomic E-state index is 0.328. The maximum Gasteiger partial charge on any atom is 0.115 e. The highest BCUT2D eigenvalue weighted by molar-refractivity contribution is 14.1. The monoisotopic (exact) mass is 390 g/mol. The molecule has 0 amide bonds. The third-order valence-electron chi connectivity index (χ3n) is 4.10. The number of aromatic hydroxyl groups is 1. The Morgan fingerprint density at radius 1 is 0.762 bits per heavy atom. The van der Waals surface area contributed by atoms with Gasteiger partial charge in [0.2, 0.25) is 0 Å². The highest BCUT2D eigenvalue weighted by Crippen LogP contribution is 2.35. The van der Waals surface area contributed by atoms with Crippen molar-refractivity contribution in [2.75, 3.05) is 0 Å². The molecule has 2 aromatic rings. The van der Waals surface area contributed by atoms with Crippen LogP contribution in [0.1, 0.15) is 43.2 Å². The number of allylic oxidation sites excluding steroid dienone is 1. The molecule has 2 heteroatoms. The number of phenolic OH excluding ortho intramolecular Hbond substituents is 1. The molecule has 1 N–H and O–H groups in total. The second-order valence-corrected chi connectivity index (χ2v) is 6.84. The molecule has 1 aliphatic carbocycles. The van der Waals surface area contributed by atoms with Crippen molar-refractivity contribution in [2.45, 2.75) is 32.1 Å². The van der Waals surface area contributed by atoms with E-state index in [-0.39, 0.29) is 0 Å². The van der Waals surface area contributed by atoms with E-state index in [1.807, 2.05) is 12.1 Å². The lowest BCUT2D eigenvalue weighted by atomic mass is 9.85. The van der Waals surface area contributed by atoms with Gasteiger partial charge in [-0.1, -0.05) is 36.3 Å². The summed E-state index contributed by atoms with van der Waals surface area (Å²) < 4.78 is 1.26. The largest absolute Gasteiger partial charge is 0.508 e. The number of phenols is 1. The lowest BCUT2D eigenvalue weighted by Gasteiger charge is -2.20. The number of hydrogen-bond donors (Lipinski definition) is 1. The Balaban J connectivity index is 2.10. The van der Waals surface area contributed by atoms with Crippen molar-refractivity contribution in [2.24, 2.45) is 0 Å². The van der Waals surface area contributed by atoms with Crippen LogP contribution in [-0.4, -0.2) is 5.11 Å². The van der Waals surface area contributed by atoms with Crippen LogP contribution in [0.15, 0.2) is 54.1 Å². The van der Waals surface area contributed by atoms with E-state index in [2.05, 4.69) is 46.9 Å². The first-order chi connectivity index (χ1) is 10.2. The van der Waals surface area contributed by atoms with Crippen LogP contribution in [0, 0.1) is 3.57 Å². The van der Waals surface area contributed by atoms with E-state index in [1.165, 1.54) is 52.4 Å². The third kappa shape index (κ3) is 3.49. The molecule has 1 saturated carbocycles. The van der Waals surface area contributed by atoms with Crippen LogP contribution in [-0.2, 0) is 0 Å². The lowest BCUT2D eigenvalue weighted by Crippen LogP contribution is -2.00. The van der Waals surface area contributed by atoms with Crippen LogP contribution in [0.3, 0.4) is 0 Å². The molecule has 3 rings (SSSR count). The van der Waals surface area contributed by atoms with Gasteiger partial charge in [0.05, 0.1) is 0 Å². The van der Waals surface area contributed by atoms with E-state index in [4.69, 9.17) is 0 Å². The van der Waals surface area contributed by atoms with Crippen LogP contribution in [0.25, 0.3) is 5.57 Å². The van der Waals surface area contributed by atoms with Gasteiger partial charge in [-0.15, -0.1) is 0 Å². The Kier molecular flexibility index (Phi) is 4.63. The fourth-order valence-corrected chi connectivity index (χ4v) is 3.41. The van der Waals surface area contributed by atoms with Gasteiger partial charge < -0.3 is 5.11 Å². The molecular formula is C19H19IO. The van der Waals surface area contributed by atoms with Crippen LogP contribution >= 0.6 is 22.6 Å². The van der Waals surface area contributed by atoms with Crippen molar-refractivity contribution in [1.82, 2.24) is 0 Å². The number of halogens is 1. The van der Waals surface area contributed by atoms with Crippen molar-refractivity contribution in [3.05, 3.63) is 68.8 Å². The smallest absolute Gasteiger partial charge is 0.115 e. The molecule has 2 aromatic carbocycles. The Labute approximate surface area is 139 Å². The first-order valence-corrected chi connectivity index (χ1v) is 8.59. The quantitative estimate of drug-likeness (QED) is 0.647. The molecule has 0 spiro atoms. The van der Waals surface area contributed by atoms with Crippen LogP contribution in [0.4, 0.5) is 0 Å². The van der Waals surface area contributed by atoms with Gasteiger partial charge in [-0.2, -0.15) is 0 Å². The highest BCUT2D eigenvalue weighted by atomic mass is 127. The fourth-order valence-electron chi connectivity index (χ4n) is 3.05. The summed E-state index contributed by atoms with van der Waals surface area (Å²) in [5.74, 6) is 0.328. The Morgan fingerprint density at radius 3 is 1.86 bits per heavy atom. The molecule has 0 bridgehead atoms. The van der Waals surface area contributed by atoms with Gasteiger partial charge in [0.15, 0.2) is 0 Å². The minimum Gasteiger partial charge on any atom is -0.508 e. The molecule has 1 aliphatic rings. The average Bonchev–Trinajstić information content (AvgIpc) is 2.52. The molecule has 0 saturated heterocycles. The molecule has 21 heavy (non-hydrogen) atoms.